The van der Waals surface area contributed by atoms with Crippen molar-refractivity contribution >= 4 is 5.91 Å². The quantitative estimate of drug-likeness (QED) is 0.713. The summed E-state index contributed by atoms with van der Waals surface area (Å²) in [4.78, 5) is 12.2. The lowest BCUT2D eigenvalue weighted by atomic mass is 9.92. The first-order chi connectivity index (χ1) is 8.09. The molecule has 3 nitrogen and oxygen atoms in total. The number of nitrogens with one attached hydrogen (secondary N) is 1. The van der Waals surface area contributed by atoms with Crippen LogP contribution in [0.15, 0.2) is 0 Å². The predicted molar refractivity (Wildman–Crippen MR) is 69.4 cm³/mol. The molecule has 1 amide bonds. The molecule has 0 aromatic heterocycles. The Bertz CT molecular complexity index is 266. The van der Waals surface area contributed by atoms with Crippen LogP contribution in [0.5, 0.6) is 0 Å². The van der Waals surface area contributed by atoms with E-state index >= 15 is 0 Å². The monoisotopic (exact) mass is 238 g/mol. The van der Waals surface area contributed by atoms with Crippen LogP contribution < -0.4 is 11.1 Å². The van der Waals surface area contributed by atoms with Crippen molar-refractivity contribution in [1.29, 1.82) is 0 Å². The predicted octanol–water partition coefficient (Wildman–Crippen LogP) is 2.06. The van der Waals surface area contributed by atoms with Crippen molar-refractivity contribution in [2.24, 2.45) is 23.5 Å². The highest BCUT2D eigenvalue weighted by atomic mass is 16.1. The fourth-order valence-corrected chi connectivity index (χ4v) is 2.60. The van der Waals surface area contributed by atoms with Gasteiger partial charge in [0.05, 0.1) is 0 Å². The van der Waals surface area contributed by atoms with Crippen LogP contribution in [0.2, 0.25) is 0 Å². The van der Waals surface area contributed by atoms with E-state index < -0.39 is 0 Å². The van der Waals surface area contributed by atoms with Crippen molar-refractivity contribution in [2.75, 3.05) is 6.54 Å². The normalized spacial score (nSPS) is 20.7. The van der Waals surface area contributed by atoms with E-state index in [1.165, 1.54) is 25.7 Å². The van der Waals surface area contributed by atoms with Crippen LogP contribution in [0.25, 0.3) is 0 Å². The maximum absolute atomic E-state index is 12.2. The third-order valence-electron chi connectivity index (χ3n) is 4.59. The molecule has 0 radical (unpaired) electrons. The van der Waals surface area contributed by atoms with E-state index in [0.717, 1.165) is 12.8 Å². The number of hydrogen-bond donors (Lipinski definition) is 2. The number of nitrogens with two attached hydrogens (primary N) is 1. The SMILES string of the molecule is CCC(N)(CC)CNC(=O)C(C1CC1)C1CC1. The average Bonchev–Trinajstić information content (AvgIpc) is 3.19. The van der Waals surface area contributed by atoms with Crippen LogP contribution in [0.4, 0.5) is 0 Å². The molecule has 0 bridgehead atoms. The van der Waals surface area contributed by atoms with Crippen molar-refractivity contribution in [3.63, 3.8) is 0 Å². The third-order valence-corrected chi connectivity index (χ3v) is 4.59. The Morgan fingerprint density at radius 1 is 1.24 bits per heavy atom. The highest BCUT2D eigenvalue weighted by Gasteiger charge is 2.45. The standard InChI is InChI=1S/C14H26N2O/c1-3-14(15,4-2)9-16-13(17)12(10-5-6-10)11-7-8-11/h10-12H,3-9,15H2,1-2H3,(H,16,17). The van der Waals surface area contributed by atoms with Crippen molar-refractivity contribution in [3.05, 3.63) is 0 Å². The lowest BCUT2D eigenvalue weighted by Gasteiger charge is -2.28. The van der Waals surface area contributed by atoms with Crippen LogP contribution in [-0.4, -0.2) is 18.0 Å². The highest BCUT2D eigenvalue weighted by Crippen LogP contribution is 2.49. The molecule has 0 spiro atoms. The van der Waals surface area contributed by atoms with Gasteiger partial charge in [0.1, 0.15) is 0 Å². The highest BCUT2D eigenvalue weighted by molar-refractivity contribution is 5.80. The molecule has 98 valence electrons. The molecule has 0 unspecified atom stereocenters. The number of carbonyl (C=O) groups is 1. The third kappa shape index (κ3) is 3.21. The molecule has 0 aromatic carbocycles. The van der Waals surface area contributed by atoms with E-state index in [0.29, 0.717) is 24.3 Å². The van der Waals surface area contributed by atoms with Crippen LogP contribution >= 0.6 is 0 Å². The average molecular weight is 238 g/mol. The maximum atomic E-state index is 12.2. The summed E-state index contributed by atoms with van der Waals surface area (Å²) < 4.78 is 0. The molecule has 0 aliphatic heterocycles. The first-order valence-electron chi connectivity index (χ1n) is 7.16. The van der Waals surface area contributed by atoms with Gasteiger partial charge in [0.25, 0.3) is 0 Å². The Kier molecular flexibility index (Phi) is 3.76. The Balaban J connectivity index is 1.83. The molecule has 0 heterocycles. The zero-order valence-corrected chi connectivity index (χ0v) is 11.2. The largest absolute Gasteiger partial charge is 0.354 e. The van der Waals surface area contributed by atoms with Crippen molar-refractivity contribution < 1.29 is 4.79 Å². The zero-order valence-electron chi connectivity index (χ0n) is 11.2. The first-order valence-corrected chi connectivity index (χ1v) is 7.16. The number of hydrogen-bond acceptors (Lipinski definition) is 2. The second-order valence-electron chi connectivity index (χ2n) is 5.99. The van der Waals surface area contributed by atoms with Gasteiger partial charge in [-0.15, -0.1) is 0 Å². The van der Waals surface area contributed by atoms with E-state index in [1.807, 2.05) is 0 Å². The fraction of sp³-hybridized carbons (Fsp3) is 0.929. The van der Waals surface area contributed by atoms with E-state index in [2.05, 4.69) is 19.2 Å². The van der Waals surface area contributed by atoms with E-state index in [-0.39, 0.29) is 11.4 Å². The topological polar surface area (TPSA) is 55.1 Å². The Morgan fingerprint density at radius 3 is 2.06 bits per heavy atom. The molecular formula is C14H26N2O. The van der Waals surface area contributed by atoms with Gasteiger partial charge in [-0.05, 0) is 50.4 Å². The first kappa shape index (κ1) is 12.9. The van der Waals surface area contributed by atoms with Gasteiger partial charge in [-0.3, -0.25) is 4.79 Å². The number of carbonyl (C=O) groups excluding carboxylic acids is 1. The van der Waals surface area contributed by atoms with Gasteiger partial charge in [-0.2, -0.15) is 0 Å². The summed E-state index contributed by atoms with van der Waals surface area (Å²) in [5, 5.41) is 3.10. The number of rotatable bonds is 7. The minimum Gasteiger partial charge on any atom is -0.354 e. The smallest absolute Gasteiger partial charge is 0.223 e. The van der Waals surface area contributed by atoms with Gasteiger partial charge in [-0.1, -0.05) is 13.8 Å². The van der Waals surface area contributed by atoms with Gasteiger partial charge < -0.3 is 11.1 Å². The van der Waals surface area contributed by atoms with E-state index in [4.69, 9.17) is 5.73 Å². The molecular weight excluding hydrogens is 212 g/mol. The van der Waals surface area contributed by atoms with Crippen LogP contribution in [-0.2, 0) is 4.79 Å². The summed E-state index contributed by atoms with van der Waals surface area (Å²) in [7, 11) is 0. The fourth-order valence-electron chi connectivity index (χ4n) is 2.60. The van der Waals surface area contributed by atoms with Crippen molar-refractivity contribution in [3.8, 4) is 0 Å². The Labute approximate surface area is 105 Å². The van der Waals surface area contributed by atoms with Crippen LogP contribution in [0, 0.1) is 17.8 Å². The minimum absolute atomic E-state index is 0.215. The molecule has 2 aliphatic carbocycles. The van der Waals surface area contributed by atoms with Crippen molar-refractivity contribution in [2.45, 2.75) is 57.9 Å². The summed E-state index contributed by atoms with van der Waals surface area (Å²) in [5.41, 5.74) is 6.00. The zero-order chi connectivity index (χ0) is 12.5. The van der Waals surface area contributed by atoms with Gasteiger partial charge in [0.15, 0.2) is 0 Å². The lowest BCUT2D eigenvalue weighted by molar-refractivity contribution is -0.126. The van der Waals surface area contributed by atoms with E-state index in [9.17, 15) is 4.79 Å². The van der Waals surface area contributed by atoms with Crippen LogP contribution in [0.1, 0.15) is 52.4 Å². The van der Waals surface area contributed by atoms with Gasteiger partial charge in [0, 0.05) is 18.0 Å². The molecule has 17 heavy (non-hydrogen) atoms. The molecule has 2 saturated carbocycles. The number of amides is 1. The second-order valence-corrected chi connectivity index (χ2v) is 5.99. The van der Waals surface area contributed by atoms with E-state index in [1.54, 1.807) is 0 Å². The van der Waals surface area contributed by atoms with Gasteiger partial charge in [-0.25, -0.2) is 0 Å². The second kappa shape index (κ2) is 4.97. The summed E-state index contributed by atoms with van der Waals surface area (Å²) in [6.07, 6.45) is 6.85. The molecule has 2 aliphatic rings. The summed E-state index contributed by atoms with van der Waals surface area (Å²) in [5.74, 6) is 1.93. The Hall–Kier alpha value is -0.570. The molecule has 0 aromatic rings. The molecule has 0 saturated heterocycles. The molecule has 2 rings (SSSR count). The lowest BCUT2D eigenvalue weighted by Crippen LogP contribution is -2.50. The maximum Gasteiger partial charge on any atom is 0.223 e. The Morgan fingerprint density at radius 2 is 1.71 bits per heavy atom. The minimum atomic E-state index is -0.215. The summed E-state index contributed by atoms with van der Waals surface area (Å²) >= 11 is 0. The van der Waals surface area contributed by atoms with Gasteiger partial charge in [0.2, 0.25) is 5.91 Å². The molecule has 0 atom stereocenters. The molecule has 3 heteroatoms. The summed E-state index contributed by atoms with van der Waals surface area (Å²) in [6.45, 7) is 4.82. The van der Waals surface area contributed by atoms with Gasteiger partial charge >= 0.3 is 0 Å². The van der Waals surface area contributed by atoms with Crippen LogP contribution in [0.3, 0.4) is 0 Å². The summed E-state index contributed by atoms with van der Waals surface area (Å²) in [6, 6.07) is 0. The molecule has 2 fully saturated rings. The molecule has 3 N–H and O–H groups in total. The van der Waals surface area contributed by atoms with Crippen molar-refractivity contribution in [1.82, 2.24) is 5.32 Å².